The first-order valence-electron chi connectivity index (χ1n) is 8.93. The molecule has 4 N–H and O–H groups in total. The Morgan fingerprint density at radius 2 is 1.74 bits per heavy atom. The van der Waals surface area contributed by atoms with E-state index in [1.165, 1.54) is 24.3 Å². The van der Waals surface area contributed by atoms with Gasteiger partial charge in [0.2, 0.25) is 11.8 Å². The van der Waals surface area contributed by atoms with Gasteiger partial charge in [-0.05, 0) is 43.0 Å². The van der Waals surface area contributed by atoms with Gasteiger partial charge in [-0.1, -0.05) is 19.3 Å². The number of rotatable bonds is 8. The third kappa shape index (κ3) is 6.99. The highest BCUT2D eigenvalue weighted by Crippen LogP contribution is 2.30. The highest BCUT2D eigenvalue weighted by atomic mass is 19.4. The lowest BCUT2D eigenvalue weighted by atomic mass is 9.79. The maximum absolute atomic E-state index is 12.3. The molecule has 150 valence electrons. The first-order chi connectivity index (χ1) is 12.8. The van der Waals surface area contributed by atoms with E-state index in [0.29, 0.717) is 12.2 Å². The number of carbonyl (C=O) groups excluding carboxylic acids is 2. The third-order valence-electron chi connectivity index (χ3n) is 4.55. The number of primary amides is 1. The van der Waals surface area contributed by atoms with Gasteiger partial charge in [0.25, 0.3) is 0 Å². The fraction of sp³-hybridized carbons (Fsp3) is 0.556. The van der Waals surface area contributed by atoms with E-state index in [1.54, 1.807) is 0 Å². The monoisotopic (exact) mass is 387 g/mol. The molecule has 6 nitrogen and oxygen atoms in total. The molecule has 1 fully saturated rings. The number of nitrogens with two attached hydrogens (primary N) is 1. The van der Waals surface area contributed by atoms with Gasteiger partial charge in [-0.15, -0.1) is 13.2 Å². The Labute approximate surface area is 155 Å². The summed E-state index contributed by atoms with van der Waals surface area (Å²) in [5, 5.41) is 5.67. The van der Waals surface area contributed by atoms with Crippen molar-refractivity contribution in [3.63, 3.8) is 0 Å². The molecule has 0 aromatic heterocycles. The van der Waals surface area contributed by atoms with Crippen LogP contribution in [-0.2, 0) is 9.59 Å². The van der Waals surface area contributed by atoms with Gasteiger partial charge in [0.1, 0.15) is 11.7 Å². The molecule has 1 aliphatic carbocycles. The van der Waals surface area contributed by atoms with Crippen LogP contribution < -0.4 is 21.1 Å². The second-order valence-corrected chi connectivity index (χ2v) is 6.57. The number of amides is 2. The second kappa shape index (κ2) is 9.48. The molecule has 9 heteroatoms. The first-order valence-corrected chi connectivity index (χ1v) is 8.93. The van der Waals surface area contributed by atoms with Gasteiger partial charge in [0, 0.05) is 18.8 Å². The summed E-state index contributed by atoms with van der Waals surface area (Å²) in [5.74, 6) is -2.11. The summed E-state index contributed by atoms with van der Waals surface area (Å²) in [5.41, 5.74) is 6.00. The Bertz CT molecular complexity index is 629. The van der Waals surface area contributed by atoms with E-state index in [1.807, 2.05) is 0 Å². The molecule has 27 heavy (non-hydrogen) atoms. The van der Waals surface area contributed by atoms with E-state index in [-0.39, 0.29) is 24.1 Å². The van der Waals surface area contributed by atoms with Crippen molar-refractivity contribution >= 4 is 17.5 Å². The lowest BCUT2D eigenvalue weighted by Crippen LogP contribution is -2.44. The summed E-state index contributed by atoms with van der Waals surface area (Å²) < 4.78 is 40.1. The zero-order chi connectivity index (χ0) is 19.9. The van der Waals surface area contributed by atoms with Crippen LogP contribution in [-0.4, -0.2) is 31.3 Å². The van der Waals surface area contributed by atoms with Crippen LogP contribution in [0.3, 0.4) is 0 Å². The number of hydrogen-bond acceptors (Lipinski definition) is 4. The normalized spacial score (nSPS) is 16.4. The lowest BCUT2D eigenvalue weighted by Gasteiger charge is -2.27. The maximum atomic E-state index is 12.3. The van der Waals surface area contributed by atoms with Crippen molar-refractivity contribution in [2.45, 2.75) is 38.5 Å². The minimum absolute atomic E-state index is 0.00890. The van der Waals surface area contributed by atoms with Crippen LogP contribution in [0.1, 0.15) is 32.1 Å². The van der Waals surface area contributed by atoms with Crippen molar-refractivity contribution < 1.29 is 27.5 Å². The van der Waals surface area contributed by atoms with Crippen molar-refractivity contribution in [1.29, 1.82) is 0 Å². The maximum Gasteiger partial charge on any atom is 0.573 e. The number of alkyl halides is 3. The van der Waals surface area contributed by atoms with E-state index < -0.39 is 18.2 Å². The highest BCUT2D eigenvalue weighted by molar-refractivity contribution is 5.99. The number of nitrogens with one attached hydrogen (secondary N) is 2. The summed E-state index contributed by atoms with van der Waals surface area (Å²) in [7, 11) is 0. The van der Waals surface area contributed by atoms with Crippen LogP contribution in [0, 0.1) is 11.8 Å². The fourth-order valence-electron chi connectivity index (χ4n) is 3.32. The average molecular weight is 387 g/mol. The molecule has 1 saturated carbocycles. The largest absolute Gasteiger partial charge is 0.573 e. The first kappa shape index (κ1) is 20.9. The molecular weight excluding hydrogens is 363 g/mol. The molecule has 1 aromatic carbocycles. The summed E-state index contributed by atoms with van der Waals surface area (Å²) in [6.45, 7) is 0.609. The van der Waals surface area contributed by atoms with E-state index in [9.17, 15) is 22.8 Å². The Balaban J connectivity index is 1.76. The number of halogens is 3. The van der Waals surface area contributed by atoms with Gasteiger partial charge in [0.05, 0.1) is 0 Å². The van der Waals surface area contributed by atoms with Gasteiger partial charge in [-0.2, -0.15) is 0 Å². The molecule has 0 spiro atoms. The Morgan fingerprint density at radius 1 is 1.11 bits per heavy atom. The Morgan fingerprint density at radius 3 is 2.30 bits per heavy atom. The molecule has 1 aliphatic rings. The van der Waals surface area contributed by atoms with E-state index in [2.05, 4.69) is 15.4 Å². The SMILES string of the molecule is NC(=O)C(C(=O)NCCNc1ccc(OC(F)(F)F)cc1)C1CCCCC1. The number of carbonyl (C=O) groups is 2. The molecule has 2 rings (SSSR count). The van der Waals surface area contributed by atoms with Crippen molar-refractivity contribution in [2.24, 2.45) is 17.6 Å². The molecule has 1 aromatic rings. The Kier molecular flexibility index (Phi) is 7.32. The second-order valence-electron chi connectivity index (χ2n) is 6.57. The lowest BCUT2D eigenvalue weighted by molar-refractivity contribution is -0.274. The number of benzene rings is 1. The summed E-state index contributed by atoms with van der Waals surface area (Å²) >= 11 is 0. The minimum atomic E-state index is -4.73. The molecule has 0 bridgehead atoms. The van der Waals surface area contributed by atoms with E-state index in [4.69, 9.17) is 5.73 Å². The highest BCUT2D eigenvalue weighted by Gasteiger charge is 2.33. The summed E-state index contributed by atoms with van der Waals surface area (Å²) in [6.07, 6.45) is 0.0285. The predicted molar refractivity (Wildman–Crippen MR) is 93.9 cm³/mol. The zero-order valence-corrected chi connectivity index (χ0v) is 14.8. The molecule has 1 atom stereocenters. The fourth-order valence-corrected chi connectivity index (χ4v) is 3.32. The van der Waals surface area contributed by atoms with Crippen molar-refractivity contribution in [1.82, 2.24) is 5.32 Å². The van der Waals surface area contributed by atoms with Gasteiger partial charge in [-0.3, -0.25) is 9.59 Å². The van der Waals surface area contributed by atoms with Crippen LogP contribution >= 0.6 is 0 Å². The van der Waals surface area contributed by atoms with Crippen LogP contribution in [0.15, 0.2) is 24.3 Å². The molecule has 1 unspecified atom stereocenters. The van der Waals surface area contributed by atoms with Crippen LogP contribution in [0.5, 0.6) is 5.75 Å². The van der Waals surface area contributed by atoms with E-state index >= 15 is 0 Å². The number of ether oxygens (including phenoxy) is 1. The van der Waals surface area contributed by atoms with Gasteiger partial charge in [0.15, 0.2) is 0 Å². The molecule has 0 heterocycles. The molecule has 0 saturated heterocycles. The van der Waals surface area contributed by atoms with Crippen LogP contribution in [0.4, 0.5) is 18.9 Å². The summed E-state index contributed by atoms with van der Waals surface area (Å²) in [6, 6.07) is 5.27. The van der Waals surface area contributed by atoms with Crippen LogP contribution in [0.25, 0.3) is 0 Å². The smallest absolute Gasteiger partial charge is 0.406 e. The quantitative estimate of drug-likeness (QED) is 0.472. The molecule has 0 radical (unpaired) electrons. The molecular formula is C18H24F3N3O3. The zero-order valence-electron chi connectivity index (χ0n) is 14.8. The predicted octanol–water partition coefficient (Wildman–Crippen LogP) is 2.80. The Hall–Kier alpha value is -2.45. The number of hydrogen-bond donors (Lipinski definition) is 3. The average Bonchev–Trinajstić information content (AvgIpc) is 2.59. The minimum Gasteiger partial charge on any atom is -0.406 e. The molecule has 0 aliphatic heterocycles. The topological polar surface area (TPSA) is 93.5 Å². The van der Waals surface area contributed by atoms with Gasteiger partial charge < -0.3 is 21.1 Å². The van der Waals surface area contributed by atoms with Crippen molar-refractivity contribution in [2.75, 3.05) is 18.4 Å². The van der Waals surface area contributed by atoms with Crippen molar-refractivity contribution in [3.8, 4) is 5.75 Å². The van der Waals surface area contributed by atoms with Crippen molar-refractivity contribution in [3.05, 3.63) is 24.3 Å². The third-order valence-corrected chi connectivity index (χ3v) is 4.55. The summed E-state index contributed by atoms with van der Waals surface area (Å²) in [4.78, 5) is 24.0. The standard InChI is InChI=1S/C18H24F3N3O3/c19-18(20,21)27-14-8-6-13(7-9-14)23-10-11-24-17(26)15(16(22)25)12-4-2-1-3-5-12/h6-9,12,15,23H,1-5,10-11H2,(H2,22,25)(H,24,26). The van der Waals surface area contributed by atoms with Gasteiger partial charge in [-0.25, -0.2) is 0 Å². The van der Waals surface area contributed by atoms with E-state index in [0.717, 1.165) is 32.1 Å². The van der Waals surface area contributed by atoms with Gasteiger partial charge >= 0.3 is 6.36 Å². The number of anilines is 1. The molecule has 2 amide bonds. The van der Waals surface area contributed by atoms with Crippen LogP contribution in [0.2, 0.25) is 0 Å².